The second-order valence-corrected chi connectivity index (χ2v) is 13.5. The first-order chi connectivity index (χ1) is 15.7. The molecule has 0 aromatic heterocycles. The average Bonchev–Trinajstić information content (AvgIpc) is 2.73. The van der Waals surface area contributed by atoms with Gasteiger partial charge in [0.1, 0.15) is 0 Å². The van der Waals surface area contributed by atoms with E-state index < -0.39 is 54.0 Å². The Hall–Kier alpha value is -2.87. The number of urea groups is 1. The van der Waals surface area contributed by atoms with Crippen LogP contribution in [0.15, 0.2) is 87.5 Å². The van der Waals surface area contributed by atoms with Gasteiger partial charge in [-0.25, -0.2) is 17.9 Å². The molecular weight excluding hydrogens is 527 g/mol. The molecule has 0 aliphatic heterocycles. The van der Waals surface area contributed by atoms with E-state index in [0.717, 1.165) is 12.1 Å². The molecule has 11 nitrogen and oxygen atoms in total. The molecule has 0 radical (unpaired) electrons. The molecule has 3 rings (SSSR count). The molecule has 3 aromatic carbocycles. The Bertz CT molecular complexity index is 1510. The quantitative estimate of drug-likeness (QED) is 0.239. The average molecular weight is 545 g/mol. The van der Waals surface area contributed by atoms with Crippen molar-refractivity contribution >= 4 is 60.1 Å². The Morgan fingerprint density at radius 1 is 0.676 bits per heavy atom. The lowest BCUT2D eigenvalue weighted by atomic mass is 10.3. The van der Waals surface area contributed by atoms with Gasteiger partial charge < -0.3 is 5.73 Å². The summed E-state index contributed by atoms with van der Waals surface area (Å²) in [6.45, 7) is 0. The number of nitrogens with one attached hydrogen (secondary N) is 1. The number of hydrogen-bond donors (Lipinski definition) is 4. The third-order valence-corrected chi connectivity index (χ3v) is 9.80. The van der Waals surface area contributed by atoms with Gasteiger partial charge in [-0.2, -0.15) is 16.8 Å². The monoisotopic (exact) mass is 544 g/mol. The maximum absolute atomic E-state index is 12.4. The van der Waals surface area contributed by atoms with Gasteiger partial charge in [0.25, 0.3) is 30.3 Å². The summed E-state index contributed by atoms with van der Waals surface area (Å²) in [5.41, 5.74) is 4.92. The van der Waals surface area contributed by atoms with E-state index in [1.807, 2.05) is 0 Å². The fourth-order valence-electron chi connectivity index (χ4n) is 2.99. The van der Waals surface area contributed by atoms with E-state index in [1.54, 1.807) is 4.72 Å². The summed E-state index contributed by atoms with van der Waals surface area (Å²) in [7, 11) is -15.3. The standard InChI is InChI=1S/C19H17N2O9PS3/c20-19(22)21-32(23,24)16-7-1-4-13(10-16)31(14-5-2-8-17(11-14)33(25,26)27)15-6-3-9-18(12-15)34(28,29)30/h1-12H,(H3,20,21,22)(H,25,26,27)(H,28,29,30). The van der Waals surface area contributed by atoms with Gasteiger partial charge in [-0.05, 0) is 60.2 Å². The summed E-state index contributed by atoms with van der Waals surface area (Å²) in [4.78, 5) is 9.91. The number of primary amides is 1. The minimum Gasteiger partial charge on any atom is -0.351 e. The molecule has 0 heterocycles. The van der Waals surface area contributed by atoms with Crippen LogP contribution in [0.2, 0.25) is 0 Å². The van der Waals surface area contributed by atoms with Crippen LogP contribution in [0.4, 0.5) is 4.79 Å². The minimum absolute atomic E-state index is 0.315. The van der Waals surface area contributed by atoms with Crippen LogP contribution in [0.5, 0.6) is 0 Å². The van der Waals surface area contributed by atoms with Crippen LogP contribution in [-0.2, 0) is 30.3 Å². The summed E-state index contributed by atoms with van der Waals surface area (Å²) in [6, 6.07) is 14.4. The summed E-state index contributed by atoms with van der Waals surface area (Å²) < 4.78 is 92.1. The molecule has 5 N–H and O–H groups in total. The maximum atomic E-state index is 12.4. The predicted molar refractivity (Wildman–Crippen MR) is 125 cm³/mol. The fraction of sp³-hybridized carbons (Fsp3) is 0. The normalized spacial score (nSPS) is 12.4. The number of nitrogens with two attached hydrogens (primary N) is 1. The van der Waals surface area contributed by atoms with Gasteiger partial charge in [0.2, 0.25) is 0 Å². The Kier molecular flexibility index (Phi) is 7.12. The van der Waals surface area contributed by atoms with Gasteiger partial charge >= 0.3 is 6.03 Å². The molecule has 0 saturated heterocycles. The van der Waals surface area contributed by atoms with E-state index in [-0.39, 0.29) is 4.90 Å². The highest BCUT2D eigenvalue weighted by Gasteiger charge is 2.24. The first kappa shape index (κ1) is 25.7. The van der Waals surface area contributed by atoms with Crippen molar-refractivity contribution in [2.45, 2.75) is 14.7 Å². The summed E-state index contributed by atoms with van der Waals surface area (Å²) in [5.74, 6) is 0. The highest BCUT2D eigenvalue weighted by atomic mass is 32.2. The largest absolute Gasteiger partial charge is 0.351 e. The Morgan fingerprint density at radius 2 is 1.03 bits per heavy atom. The van der Waals surface area contributed by atoms with Crippen LogP contribution in [0, 0.1) is 0 Å². The highest BCUT2D eigenvalue weighted by molar-refractivity contribution is 7.90. The van der Waals surface area contributed by atoms with Crippen molar-refractivity contribution in [3.8, 4) is 0 Å². The molecule has 0 spiro atoms. The van der Waals surface area contributed by atoms with Gasteiger partial charge in [-0.15, -0.1) is 0 Å². The number of carbonyl (C=O) groups excluding carboxylic acids is 1. The fourth-order valence-corrected chi connectivity index (χ4v) is 7.64. The summed E-state index contributed by atoms with van der Waals surface area (Å²) >= 11 is 0. The smallest absolute Gasteiger partial charge is 0.326 e. The second kappa shape index (κ2) is 9.41. The lowest BCUT2D eigenvalue weighted by Gasteiger charge is -2.21. The molecule has 0 bridgehead atoms. The maximum Gasteiger partial charge on any atom is 0.326 e. The Balaban J connectivity index is 2.29. The third-order valence-electron chi connectivity index (χ3n) is 4.37. The number of amides is 2. The third kappa shape index (κ3) is 5.97. The lowest BCUT2D eigenvalue weighted by molar-refractivity contribution is 0.253. The van der Waals surface area contributed by atoms with Gasteiger partial charge in [-0.3, -0.25) is 9.11 Å². The zero-order valence-corrected chi connectivity index (χ0v) is 20.3. The molecule has 180 valence electrons. The van der Waals surface area contributed by atoms with Crippen molar-refractivity contribution < 1.29 is 39.2 Å². The van der Waals surface area contributed by atoms with Crippen LogP contribution >= 0.6 is 7.92 Å². The van der Waals surface area contributed by atoms with Crippen LogP contribution in [-0.4, -0.2) is 40.4 Å². The van der Waals surface area contributed by atoms with E-state index >= 15 is 0 Å². The summed E-state index contributed by atoms with van der Waals surface area (Å²) in [5, 5.41) is 0.951. The number of hydrogen-bond acceptors (Lipinski definition) is 7. The molecular formula is C19H17N2O9PS3. The first-order valence-electron chi connectivity index (χ1n) is 9.06. The van der Waals surface area contributed by atoms with Gasteiger partial charge in [-0.1, -0.05) is 36.4 Å². The number of benzene rings is 3. The molecule has 3 aromatic rings. The highest BCUT2D eigenvalue weighted by Crippen LogP contribution is 2.34. The van der Waals surface area contributed by atoms with E-state index in [1.165, 1.54) is 60.7 Å². The molecule has 0 saturated carbocycles. The van der Waals surface area contributed by atoms with Crippen LogP contribution < -0.4 is 26.4 Å². The second-order valence-electron chi connectivity index (χ2n) is 6.75. The van der Waals surface area contributed by atoms with Gasteiger partial charge in [0.15, 0.2) is 0 Å². The van der Waals surface area contributed by atoms with Crippen LogP contribution in [0.3, 0.4) is 0 Å². The molecule has 0 fully saturated rings. The van der Waals surface area contributed by atoms with E-state index in [4.69, 9.17) is 5.73 Å². The Labute approximate surface area is 196 Å². The van der Waals surface area contributed by atoms with Crippen molar-refractivity contribution in [2.24, 2.45) is 5.73 Å². The molecule has 0 aliphatic carbocycles. The zero-order chi connectivity index (χ0) is 25.3. The summed E-state index contributed by atoms with van der Waals surface area (Å²) in [6.07, 6.45) is 0. The van der Waals surface area contributed by atoms with Crippen molar-refractivity contribution in [1.82, 2.24) is 4.72 Å². The molecule has 0 aliphatic rings. The van der Waals surface area contributed by atoms with E-state index in [0.29, 0.717) is 15.9 Å². The van der Waals surface area contributed by atoms with Crippen LogP contribution in [0.25, 0.3) is 0 Å². The van der Waals surface area contributed by atoms with Crippen molar-refractivity contribution in [2.75, 3.05) is 0 Å². The van der Waals surface area contributed by atoms with E-state index in [9.17, 15) is 39.2 Å². The number of rotatable bonds is 7. The van der Waals surface area contributed by atoms with Gasteiger partial charge in [0.05, 0.1) is 14.7 Å². The number of carbonyl (C=O) groups is 1. The SMILES string of the molecule is NC(=O)NS(=O)(=O)c1cccc(P(c2cccc(S(=O)(=O)O)c2)c2cccc(S(=O)(=O)O)c2)c1. The van der Waals surface area contributed by atoms with Gasteiger partial charge in [0, 0.05) is 0 Å². The van der Waals surface area contributed by atoms with E-state index in [2.05, 4.69) is 0 Å². The van der Waals surface area contributed by atoms with Crippen molar-refractivity contribution in [3.05, 3.63) is 72.8 Å². The predicted octanol–water partition coefficient (Wildman–Crippen LogP) is 0.295. The minimum atomic E-state index is -4.58. The lowest BCUT2D eigenvalue weighted by Crippen LogP contribution is -2.35. The number of sulfonamides is 1. The van der Waals surface area contributed by atoms with Crippen LogP contribution in [0.1, 0.15) is 0 Å². The molecule has 15 heteroatoms. The Morgan fingerprint density at radius 3 is 1.38 bits per heavy atom. The first-order valence-corrected chi connectivity index (χ1v) is 14.8. The zero-order valence-electron chi connectivity index (χ0n) is 16.9. The van der Waals surface area contributed by atoms with Crippen molar-refractivity contribution in [3.63, 3.8) is 0 Å². The molecule has 0 unspecified atom stereocenters. The molecule has 0 atom stereocenters. The molecule has 2 amide bonds. The molecule has 34 heavy (non-hydrogen) atoms. The van der Waals surface area contributed by atoms with Crippen molar-refractivity contribution in [1.29, 1.82) is 0 Å². The topological polar surface area (TPSA) is 198 Å².